The van der Waals surface area contributed by atoms with Gasteiger partial charge in [-0.1, -0.05) is 11.9 Å². The van der Waals surface area contributed by atoms with Crippen LogP contribution in [0.3, 0.4) is 0 Å². The highest BCUT2D eigenvalue weighted by molar-refractivity contribution is 7.97. The van der Waals surface area contributed by atoms with E-state index < -0.39 is 0 Å². The molecule has 1 saturated heterocycles. The van der Waals surface area contributed by atoms with E-state index in [4.69, 9.17) is 10.5 Å². The van der Waals surface area contributed by atoms with Gasteiger partial charge in [0.05, 0.1) is 13.2 Å². The molecule has 2 N–H and O–H groups in total. The number of hydrogen-bond donors (Lipinski definition) is 1. The molecule has 0 radical (unpaired) electrons. The smallest absolute Gasteiger partial charge is 0.0603 e. The Morgan fingerprint density at radius 3 is 2.70 bits per heavy atom. The van der Waals surface area contributed by atoms with Crippen LogP contribution in [0.25, 0.3) is 0 Å². The SMILES string of the molecule is NCCSN1CCOCC1. The highest BCUT2D eigenvalue weighted by Crippen LogP contribution is 2.10. The number of rotatable bonds is 3. The predicted octanol–water partition coefficient (Wildman–Crippen LogP) is -0.0745. The molecule has 4 heteroatoms. The van der Waals surface area contributed by atoms with Crippen LogP contribution in [0.15, 0.2) is 0 Å². The Morgan fingerprint density at radius 1 is 1.40 bits per heavy atom. The summed E-state index contributed by atoms with van der Waals surface area (Å²) in [4.78, 5) is 0. The third-order valence-corrected chi connectivity index (χ3v) is 2.51. The summed E-state index contributed by atoms with van der Waals surface area (Å²) in [7, 11) is 0. The van der Waals surface area contributed by atoms with Crippen molar-refractivity contribution in [2.45, 2.75) is 0 Å². The Morgan fingerprint density at radius 2 is 2.10 bits per heavy atom. The molecule has 10 heavy (non-hydrogen) atoms. The van der Waals surface area contributed by atoms with Crippen molar-refractivity contribution in [1.29, 1.82) is 0 Å². The fourth-order valence-electron chi connectivity index (χ4n) is 0.858. The fourth-order valence-corrected chi connectivity index (χ4v) is 1.63. The first-order valence-electron chi connectivity index (χ1n) is 3.59. The Balaban J connectivity index is 2.02. The summed E-state index contributed by atoms with van der Waals surface area (Å²) >= 11 is 1.83. The fraction of sp³-hybridized carbons (Fsp3) is 1.00. The second kappa shape index (κ2) is 4.96. The average Bonchev–Trinajstić information content (AvgIpc) is 2.03. The van der Waals surface area contributed by atoms with Crippen LogP contribution in [0, 0.1) is 0 Å². The molecule has 1 rings (SSSR count). The van der Waals surface area contributed by atoms with Crippen molar-refractivity contribution in [3.63, 3.8) is 0 Å². The van der Waals surface area contributed by atoms with Gasteiger partial charge in [-0.2, -0.15) is 0 Å². The van der Waals surface area contributed by atoms with Crippen LogP contribution in [-0.4, -0.2) is 42.9 Å². The number of nitrogens with zero attached hydrogens (tertiary/aromatic N) is 1. The number of nitrogens with two attached hydrogens (primary N) is 1. The summed E-state index contributed by atoms with van der Waals surface area (Å²) in [5, 5.41) is 0. The van der Waals surface area contributed by atoms with Gasteiger partial charge < -0.3 is 10.5 Å². The monoisotopic (exact) mass is 162 g/mol. The summed E-state index contributed by atoms with van der Waals surface area (Å²) in [6.07, 6.45) is 0. The lowest BCUT2D eigenvalue weighted by molar-refractivity contribution is 0.0773. The molecule has 0 aromatic heterocycles. The first-order valence-corrected chi connectivity index (χ1v) is 4.53. The first-order chi connectivity index (χ1) is 4.93. The maximum absolute atomic E-state index is 5.37. The lowest BCUT2D eigenvalue weighted by Crippen LogP contribution is -2.31. The summed E-state index contributed by atoms with van der Waals surface area (Å²) in [6.45, 7) is 4.60. The molecule has 1 heterocycles. The van der Waals surface area contributed by atoms with Gasteiger partial charge in [0.2, 0.25) is 0 Å². The molecule has 0 aromatic rings. The van der Waals surface area contributed by atoms with E-state index in [0.717, 1.165) is 38.6 Å². The van der Waals surface area contributed by atoms with Gasteiger partial charge in [-0.05, 0) is 0 Å². The van der Waals surface area contributed by atoms with Crippen molar-refractivity contribution < 1.29 is 4.74 Å². The highest BCUT2D eigenvalue weighted by Gasteiger charge is 2.08. The van der Waals surface area contributed by atoms with Crippen LogP contribution < -0.4 is 5.73 Å². The first kappa shape index (κ1) is 8.33. The molecular formula is C6H14N2OS. The summed E-state index contributed by atoms with van der Waals surface area (Å²) in [6, 6.07) is 0. The molecule has 0 bridgehead atoms. The van der Waals surface area contributed by atoms with Gasteiger partial charge in [-0.15, -0.1) is 0 Å². The number of hydrogen-bond acceptors (Lipinski definition) is 4. The minimum Gasteiger partial charge on any atom is -0.379 e. The lowest BCUT2D eigenvalue weighted by atomic mass is 10.5. The standard InChI is InChI=1S/C6H14N2OS/c7-1-6-10-8-2-4-9-5-3-8/h1-7H2. The van der Waals surface area contributed by atoms with Crippen LogP contribution in [0.4, 0.5) is 0 Å². The Kier molecular flexibility index (Phi) is 4.13. The zero-order valence-corrected chi connectivity index (χ0v) is 6.90. The van der Waals surface area contributed by atoms with Crippen molar-refractivity contribution in [3.05, 3.63) is 0 Å². The normalized spacial score (nSPS) is 21.3. The van der Waals surface area contributed by atoms with E-state index >= 15 is 0 Å². The highest BCUT2D eigenvalue weighted by atomic mass is 32.2. The Bertz CT molecular complexity index is 85.8. The van der Waals surface area contributed by atoms with E-state index in [1.54, 1.807) is 0 Å². The van der Waals surface area contributed by atoms with Gasteiger partial charge in [0.1, 0.15) is 0 Å². The van der Waals surface area contributed by atoms with E-state index in [9.17, 15) is 0 Å². The minimum atomic E-state index is 0.766. The van der Waals surface area contributed by atoms with Gasteiger partial charge in [0.25, 0.3) is 0 Å². The summed E-state index contributed by atoms with van der Waals surface area (Å²) < 4.78 is 7.51. The third-order valence-electron chi connectivity index (χ3n) is 1.36. The van der Waals surface area contributed by atoms with Crippen molar-refractivity contribution in [2.24, 2.45) is 5.73 Å². The Labute approximate surface area is 66.0 Å². The molecule has 0 aliphatic carbocycles. The van der Waals surface area contributed by atoms with Gasteiger partial charge in [0.15, 0.2) is 0 Å². The van der Waals surface area contributed by atoms with Crippen molar-refractivity contribution in [1.82, 2.24) is 4.31 Å². The molecule has 60 valence electrons. The van der Waals surface area contributed by atoms with Crippen LogP contribution in [0.1, 0.15) is 0 Å². The van der Waals surface area contributed by atoms with Gasteiger partial charge in [0, 0.05) is 25.4 Å². The third kappa shape index (κ3) is 2.88. The molecule has 3 nitrogen and oxygen atoms in total. The van der Waals surface area contributed by atoms with E-state index in [2.05, 4.69) is 4.31 Å². The lowest BCUT2D eigenvalue weighted by Gasteiger charge is -2.24. The quantitative estimate of drug-likeness (QED) is 0.589. The van der Waals surface area contributed by atoms with Crippen LogP contribution in [-0.2, 0) is 4.74 Å². The molecule has 0 spiro atoms. The zero-order valence-electron chi connectivity index (χ0n) is 6.08. The molecule has 1 fully saturated rings. The van der Waals surface area contributed by atoms with E-state index in [1.807, 2.05) is 11.9 Å². The predicted molar refractivity (Wildman–Crippen MR) is 43.9 cm³/mol. The van der Waals surface area contributed by atoms with Gasteiger partial charge in [-0.25, -0.2) is 4.31 Å². The minimum absolute atomic E-state index is 0.766. The largest absolute Gasteiger partial charge is 0.379 e. The Hall–Kier alpha value is 0.230. The average molecular weight is 162 g/mol. The summed E-state index contributed by atoms with van der Waals surface area (Å²) in [5.41, 5.74) is 5.37. The van der Waals surface area contributed by atoms with Crippen LogP contribution in [0.2, 0.25) is 0 Å². The van der Waals surface area contributed by atoms with Gasteiger partial charge in [-0.3, -0.25) is 0 Å². The number of morpholine rings is 1. The molecule has 0 unspecified atom stereocenters. The molecule has 0 atom stereocenters. The van der Waals surface area contributed by atoms with E-state index in [1.165, 1.54) is 0 Å². The molecule has 0 saturated carbocycles. The molecule has 0 aromatic carbocycles. The maximum Gasteiger partial charge on any atom is 0.0603 e. The summed E-state index contributed by atoms with van der Waals surface area (Å²) in [5.74, 6) is 1.03. The zero-order chi connectivity index (χ0) is 7.23. The van der Waals surface area contributed by atoms with Crippen LogP contribution >= 0.6 is 11.9 Å². The van der Waals surface area contributed by atoms with Crippen molar-refractivity contribution >= 4 is 11.9 Å². The van der Waals surface area contributed by atoms with E-state index in [0.29, 0.717) is 0 Å². The molecule has 0 amide bonds. The second-order valence-corrected chi connectivity index (χ2v) is 3.35. The van der Waals surface area contributed by atoms with Crippen molar-refractivity contribution in [2.75, 3.05) is 38.6 Å². The second-order valence-electron chi connectivity index (χ2n) is 2.16. The van der Waals surface area contributed by atoms with E-state index in [-0.39, 0.29) is 0 Å². The molecule has 1 aliphatic rings. The molecule has 1 aliphatic heterocycles. The van der Waals surface area contributed by atoms with Crippen molar-refractivity contribution in [3.8, 4) is 0 Å². The maximum atomic E-state index is 5.37. The molecular weight excluding hydrogens is 148 g/mol. The number of ether oxygens (including phenoxy) is 1. The topological polar surface area (TPSA) is 38.5 Å². The van der Waals surface area contributed by atoms with Crippen LogP contribution in [0.5, 0.6) is 0 Å². The van der Waals surface area contributed by atoms with Gasteiger partial charge >= 0.3 is 0 Å².